The average molecular weight is 289 g/mol. The first-order valence-corrected chi connectivity index (χ1v) is 5.89. The van der Waals surface area contributed by atoms with Crippen molar-refractivity contribution in [1.82, 2.24) is 15.0 Å². The lowest BCUT2D eigenvalue weighted by atomic mass is 10.2. The molecular formula is C13H12FN5O2. The van der Waals surface area contributed by atoms with E-state index in [-0.39, 0.29) is 30.1 Å². The van der Waals surface area contributed by atoms with Gasteiger partial charge in [-0.05, 0) is 23.8 Å². The molecule has 0 aliphatic carbocycles. The second-order valence-electron chi connectivity index (χ2n) is 3.96. The lowest BCUT2D eigenvalue weighted by molar-refractivity contribution is -0.139. The minimum atomic E-state index is -0.628. The molecule has 8 heteroatoms. The number of nitrogens with two attached hydrogens (primary N) is 2. The Labute approximate surface area is 119 Å². The third-order valence-electron chi connectivity index (χ3n) is 2.32. The van der Waals surface area contributed by atoms with Gasteiger partial charge >= 0.3 is 5.97 Å². The Morgan fingerprint density at radius 1 is 1.24 bits per heavy atom. The first kappa shape index (κ1) is 14.4. The van der Waals surface area contributed by atoms with Gasteiger partial charge in [0.15, 0.2) is 12.4 Å². The number of nitrogens with zero attached hydrogens (tertiary/aromatic N) is 3. The molecule has 1 aromatic carbocycles. The van der Waals surface area contributed by atoms with Crippen molar-refractivity contribution in [1.29, 1.82) is 0 Å². The normalized spacial score (nSPS) is 10.7. The molecule has 0 bridgehead atoms. The van der Waals surface area contributed by atoms with Crippen molar-refractivity contribution < 1.29 is 13.9 Å². The molecule has 0 aliphatic rings. The maximum atomic E-state index is 12.9. The summed E-state index contributed by atoms with van der Waals surface area (Å²) in [7, 11) is 0. The third kappa shape index (κ3) is 4.53. The summed E-state index contributed by atoms with van der Waals surface area (Å²) >= 11 is 0. The number of ether oxygens (including phenoxy) is 1. The molecule has 0 fully saturated rings. The van der Waals surface area contributed by atoms with E-state index in [0.717, 1.165) is 0 Å². The van der Waals surface area contributed by atoms with Gasteiger partial charge in [0.25, 0.3) is 0 Å². The summed E-state index contributed by atoms with van der Waals surface area (Å²) in [5.74, 6) is -0.973. The molecule has 0 atom stereocenters. The zero-order chi connectivity index (χ0) is 15.2. The van der Waals surface area contributed by atoms with Crippen molar-refractivity contribution in [2.24, 2.45) is 0 Å². The zero-order valence-electron chi connectivity index (χ0n) is 10.9. The lowest BCUT2D eigenvalue weighted by Crippen LogP contribution is -2.09. The largest absolute Gasteiger partial charge is 0.454 e. The zero-order valence-corrected chi connectivity index (χ0v) is 10.9. The Balaban J connectivity index is 1.93. The number of carbonyl (C=O) groups is 1. The van der Waals surface area contributed by atoms with E-state index < -0.39 is 5.97 Å². The van der Waals surface area contributed by atoms with Crippen LogP contribution in [-0.2, 0) is 16.1 Å². The minimum absolute atomic E-state index is 0.0520. The van der Waals surface area contributed by atoms with Crippen LogP contribution < -0.4 is 11.5 Å². The van der Waals surface area contributed by atoms with Crippen LogP contribution >= 0.6 is 0 Å². The van der Waals surface area contributed by atoms with Crippen molar-refractivity contribution in [2.75, 3.05) is 11.5 Å². The van der Waals surface area contributed by atoms with Crippen LogP contribution in [-0.4, -0.2) is 20.9 Å². The molecule has 1 aromatic heterocycles. The third-order valence-corrected chi connectivity index (χ3v) is 2.32. The maximum Gasteiger partial charge on any atom is 0.331 e. The molecule has 0 aliphatic heterocycles. The highest BCUT2D eigenvalue weighted by molar-refractivity contribution is 5.86. The number of aromatic nitrogens is 3. The summed E-state index contributed by atoms with van der Waals surface area (Å²) < 4.78 is 17.8. The van der Waals surface area contributed by atoms with Gasteiger partial charge in [0, 0.05) is 6.08 Å². The van der Waals surface area contributed by atoms with Gasteiger partial charge in [-0.3, -0.25) is 0 Å². The summed E-state index contributed by atoms with van der Waals surface area (Å²) in [6.07, 6.45) is 2.60. The van der Waals surface area contributed by atoms with Gasteiger partial charge in [-0.2, -0.15) is 15.0 Å². The Morgan fingerprint density at radius 3 is 2.62 bits per heavy atom. The van der Waals surface area contributed by atoms with Crippen LogP contribution in [0.2, 0.25) is 0 Å². The molecule has 0 saturated heterocycles. The van der Waals surface area contributed by atoms with Gasteiger partial charge in [0.2, 0.25) is 11.9 Å². The standard InChI is InChI=1S/C13H12FN5O2/c14-9-3-1-2-8(6-9)4-5-11(20)21-7-10-17-12(15)19-13(16)18-10/h1-6H,7H2,(H4,15,16,17,18,19)/b5-4+. The summed E-state index contributed by atoms with van der Waals surface area (Å²) in [6, 6.07) is 5.79. The van der Waals surface area contributed by atoms with E-state index in [0.29, 0.717) is 5.56 Å². The smallest absolute Gasteiger partial charge is 0.331 e. The first-order valence-electron chi connectivity index (χ1n) is 5.89. The van der Waals surface area contributed by atoms with E-state index >= 15 is 0 Å². The summed E-state index contributed by atoms with van der Waals surface area (Å²) in [4.78, 5) is 22.6. The molecule has 4 N–H and O–H groups in total. The van der Waals surface area contributed by atoms with Crippen molar-refractivity contribution in [3.05, 3.63) is 47.5 Å². The predicted molar refractivity (Wildman–Crippen MR) is 73.9 cm³/mol. The molecule has 108 valence electrons. The van der Waals surface area contributed by atoms with Gasteiger partial charge in [0.05, 0.1) is 0 Å². The minimum Gasteiger partial charge on any atom is -0.454 e. The number of hydrogen-bond donors (Lipinski definition) is 2. The second-order valence-corrected chi connectivity index (χ2v) is 3.96. The van der Waals surface area contributed by atoms with Crippen molar-refractivity contribution in [3.8, 4) is 0 Å². The number of anilines is 2. The average Bonchev–Trinajstić information content (AvgIpc) is 2.42. The van der Waals surface area contributed by atoms with E-state index in [4.69, 9.17) is 16.2 Å². The van der Waals surface area contributed by atoms with Crippen LogP contribution in [0.15, 0.2) is 30.3 Å². The van der Waals surface area contributed by atoms with Crippen molar-refractivity contribution >= 4 is 23.9 Å². The summed E-state index contributed by atoms with van der Waals surface area (Å²) in [5.41, 5.74) is 11.3. The van der Waals surface area contributed by atoms with Crippen LogP contribution in [0.3, 0.4) is 0 Å². The number of nitrogen functional groups attached to an aromatic ring is 2. The SMILES string of the molecule is Nc1nc(N)nc(COC(=O)/C=C/c2cccc(F)c2)n1. The Morgan fingerprint density at radius 2 is 1.95 bits per heavy atom. The van der Waals surface area contributed by atoms with Crippen LogP contribution in [0.25, 0.3) is 6.08 Å². The van der Waals surface area contributed by atoms with Crippen LogP contribution in [0.4, 0.5) is 16.3 Å². The fourth-order valence-electron chi connectivity index (χ4n) is 1.48. The topological polar surface area (TPSA) is 117 Å². The number of benzene rings is 1. The van der Waals surface area contributed by atoms with Gasteiger partial charge in [-0.1, -0.05) is 12.1 Å². The Bertz CT molecular complexity index is 670. The molecule has 1 heterocycles. The fourth-order valence-corrected chi connectivity index (χ4v) is 1.48. The first-order chi connectivity index (χ1) is 10.0. The quantitative estimate of drug-likeness (QED) is 0.635. The van der Waals surface area contributed by atoms with E-state index in [9.17, 15) is 9.18 Å². The van der Waals surface area contributed by atoms with E-state index in [1.165, 1.54) is 30.4 Å². The maximum absolute atomic E-state index is 12.9. The molecule has 0 spiro atoms. The molecule has 2 aromatic rings. The summed E-state index contributed by atoms with van der Waals surface area (Å²) in [6.45, 7) is -0.191. The van der Waals surface area contributed by atoms with Gasteiger partial charge < -0.3 is 16.2 Å². The molecule has 21 heavy (non-hydrogen) atoms. The Kier molecular flexibility index (Phi) is 4.39. The van der Waals surface area contributed by atoms with Gasteiger partial charge in [-0.15, -0.1) is 0 Å². The van der Waals surface area contributed by atoms with E-state index in [1.807, 2.05) is 0 Å². The lowest BCUT2D eigenvalue weighted by Gasteiger charge is -2.02. The number of carbonyl (C=O) groups excluding carboxylic acids is 1. The summed E-state index contributed by atoms with van der Waals surface area (Å²) in [5, 5.41) is 0. The van der Waals surface area contributed by atoms with E-state index in [1.54, 1.807) is 6.07 Å². The van der Waals surface area contributed by atoms with Crippen LogP contribution in [0.1, 0.15) is 11.4 Å². The Hall–Kier alpha value is -3.03. The monoisotopic (exact) mass is 289 g/mol. The van der Waals surface area contributed by atoms with Crippen molar-refractivity contribution in [3.63, 3.8) is 0 Å². The second kappa shape index (κ2) is 6.42. The molecule has 0 radical (unpaired) electrons. The number of rotatable bonds is 4. The molecule has 2 rings (SSSR count). The van der Waals surface area contributed by atoms with Crippen molar-refractivity contribution in [2.45, 2.75) is 6.61 Å². The number of esters is 1. The highest BCUT2D eigenvalue weighted by Crippen LogP contribution is 2.06. The van der Waals surface area contributed by atoms with Gasteiger partial charge in [-0.25, -0.2) is 9.18 Å². The molecule has 0 unspecified atom stereocenters. The molecule has 7 nitrogen and oxygen atoms in total. The predicted octanol–water partition coefficient (Wildman–Crippen LogP) is 0.932. The molecule has 0 saturated carbocycles. The number of halogens is 1. The highest BCUT2D eigenvalue weighted by Gasteiger charge is 2.04. The van der Waals surface area contributed by atoms with E-state index in [2.05, 4.69) is 15.0 Å². The molecular weight excluding hydrogens is 277 g/mol. The highest BCUT2D eigenvalue weighted by atomic mass is 19.1. The fraction of sp³-hybridized carbons (Fsp3) is 0.0769. The van der Waals surface area contributed by atoms with Crippen LogP contribution in [0, 0.1) is 5.82 Å². The molecule has 0 amide bonds. The number of hydrogen-bond acceptors (Lipinski definition) is 7. The van der Waals surface area contributed by atoms with Gasteiger partial charge in [0.1, 0.15) is 5.82 Å². The van der Waals surface area contributed by atoms with Crippen LogP contribution in [0.5, 0.6) is 0 Å².